The van der Waals surface area contributed by atoms with Crippen molar-refractivity contribution in [3.05, 3.63) is 81.6 Å². The zero-order valence-electron chi connectivity index (χ0n) is 16.3. The van der Waals surface area contributed by atoms with Crippen molar-refractivity contribution in [2.75, 3.05) is 0 Å². The average molecular weight is 446 g/mol. The van der Waals surface area contributed by atoms with Crippen LogP contribution in [0.5, 0.6) is 0 Å². The maximum Gasteiger partial charge on any atom is 0.253 e. The molecule has 4 nitrogen and oxygen atoms in total. The minimum absolute atomic E-state index is 0.145. The molecule has 7 heteroatoms. The molecule has 0 bridgehead atoms. The van der Waals surface area contributed by atoms with E-state index in [-0.39, 0.29) is 11.2 Å². The van der Waals surface area contributed by atoms with Crippen LogP contribution in [-0.2, 0) is 4.79 Å². The van der Waals surface area contributed by atoms with Gasteiger partial charge in [-0.2, -0.15) is 5.10 Å². The van der Waals surface area contributed by atoms with Crippen molar-refractivity contribution in [1.29, 1.82) is 0 Å². The average Bonchev–Trinajstić information content (AvgIpc) is 2.98. The molecule has 1 N–H and O–H groups in total. The van der Waals surface area contributed by atoms with Gasteiger partial charge in [0.1, 0.15) is 0 Å². The Balaban J connectivity index is 1.69. The summed E-state index contributed by atoms with van der Waals surface area (Å²) in [5, 5.41) is 4.92. The molecule has 0 spiro atoms. The second kappa shape index (κ2) is 9.53. The van der Waals surface area contributed by atoms with Gasteiger partial charge in [0.2, 0.25) is 0 Å². The van der Waals surface area contributed by atoms with E-state index in [1.807, 2.05) is 69.3 Å². The SMILES string of the molecule is Cc1cc(/C=N\NC(=O)[C@@H](C)Sc2ccccc2)c(C)n1-c1ccc(Cl)c(Cl)c1. The Kier molecular flexibility index (Phi) is 7.06. The summed E-state index contributed by atoms with van der Waals surface area (Å²) in [4.78, 5) is 13.4. The Hall–Kier alpha value is -2.21. The summed E-state index contributed by atoms with van der Waals surface area (Å²) in [6.07, 6.45) is 1.66. The number of aromatic nitrogens is 1. The normalized spacial score (nSPS) is 12.3. The van der Waals surface area contributed by atoms with Gasteiger partial charge in [0.05, 0.1) is 21.5 Å². The number of nitrogens with zero attached hydrogens (tertiary/aromatic N) is 2. The first-order chi connectivity index (χ1) is 13.9. The van der Waals surface area contributed by atoms with Gasteiger partial charge >= 0.3 is 0 Å². The third-order valence-electron chi connectivity index (χ3n) is 4.44. The van der Waals surface area contributed by atoms with E-state index in [4.69, 9.17) is 23.2 Å². The molecule has 150 valence electrons. The number of thioether (sulfide) groups is 1. The van der Waals surface area contributed by atoms with E-state index in [9.17, 15) is 4.79 Å². The van der Waals surface area contributed by atoms with Crippen molar-refractivity contribution in [3.8, 4) is 5.69 Å². The first-order valence-electron chi connectivity index (χ1n) is 9.06. The van der Waals surface area contributed by atoms with Crippen LogP contribution in [-0.4, -0.2) is 21.9 Å². The van der Waals surface area contributed by atoms with Gasteiger partial charge in [0, 0.05) is 27.5 Å². The van der Waals surface area contributed by atoms with Gasteiger partial charge in [0.25, 0.3) is 5.91 Å². The second-order valence-corrected chi connectivity index (χ2v) is 8.80. The van der Waals surface area contributed by atoms with Crippen LogP contribution in [0, 0.1) is 13.8 Å². The molecule has 0 saturated heterocycles. The molecule has 0 fully saturated rings. The highest BCUT2D eigenvalue weighted by atomic mass is 35.5. The van der Waals surface area contributed by atoms with E-state index in [0.29, 0.717) is 10.0 Å². The predicted molar refractivity (Wildman–Crippen MR) is 123 cm³/mol. The quantitative estimate of drug-likeness (QED) is 0.285. The number of aryl methyl sites for hydroxylation is 1. The molecule has 0 aliphatic rings. The van der Waals surface area contributed by atoms with Crippen LogP contribution < -0.4 is 5.43 Å². The van der Waals surface area contributed by atoms with Gasteiger partial charge in [-0.1, -0.05) is 41.4 Å². The third-order valence-corrected chi connectivity index (χ3v) is 6.29. The van der Waals surface area contributed by atoms with Crippen LogP contribution in [0.3, 0.4) is 0 Å². The van der Waals surface area contributed by atoms with Gasteiger partial charge < -0.3 is 4.57 Å². The molecule has 2 aromatic carbocycles. The molecule has 3 aromatic rings. The second-order valence-electron chi connectivity index (χ2n) is 6.57. The zero-order valence-corrected chi connectivity index (χ0v) is 18.6. The molecule has 29 heavy (non-hydrogen) atoms. The van der Waals surface area contributed by atoms with Crippen LogP contribution in [0.1, 0.15) is 23.9 Å². The van der Waals surface area contributed by atoms with Crippen molar-refractivity contribution < 1.29 is 4.79 Å². The minimum Gasteiger partial charge on any atom is -0.318 e. The number of carbonyl (C=O) groups excluding carboxylic acids is 1. The lowest BCUT2D eigenvalue weighted by Gasteiger charge is -2.10. The smallest absolute Gasteiger partial charge is 0.253 e. The Labute approximate surface area is 184 Å². The molecular weight excluding hydrogens is 425 g/mol. The number of carbonyl (C=O) groups is 1. The van der Waals surface area contributed by atoms with E-state index in [0.717, 1.165) is 27.5 Å². The van der Waals surface area contributed by atoms with E-state index < -0.39 is 0 Å². The molecule has 0 unspecified atom stereocenters. The standard InChI is InChI=1S/C22H21Cl2N3OS/c1-14-11-17(15(2)27(14)18-9-10-20(23)21(24)12-18)13-25-26-22(28)16(3)29-19-7-5-4-6-8-19/h4-13,16H,1-3H3,(H,26,28)/b25-13-/t16-/m1/s1. The van der Waals surface area contributed by atoms with Crippen molar-refractivity contribution in [2.45, 2.75) is 30.9 Å². The first-order valence-corrected chi connectivity index (χ1v) is 10.7. The van der Waals surface area contributed by atoms with Gasteiger partial charge in [-0.3, -0.25) is 4.79 Å². The summed E-state index contributed by atoms with van der Waals surface area (Å²) < 4.78 is 2.07. The highest BCUT2D eigenvalue weighted by Crippen LogP contribution is 2.27. The number of rotatable bonds is 6. The number of hydrogen-bond donors (Lipinski definition) is 1. The van der Waals surface area contributed by atoms with Crippen molar-refractivity contribution in [1.82, 2.24) is 9.99 Å². The Morgan fingerprint density at radius 3 is 2.52 bits per heavy atom. The maximum atomic E-state index is 12.3. The lowest BCUT2D eigenvalue weighted by molar-refractivity contribution is -0.120. The highest BCUT2D eigenvalue weighted by molar-refractivity contribution is 8.00. The monoisotopic (exact) mass is 445 g/mol. The summed E-state index contributed by atoms with van der Waals surface area (Å²) in [6, 6.07) is 17.4. The Morgan fingerprint density at radius 1 is 1.10 bits per heavy atom. The fraction of sp³-hybridized carbons (Fsp3) is 0.182. The van der Waals surface area contributed by atoms with Gasteiger partial charge in [-0.25, -0.2) is 5.43 Å². The first kappa shape index (κ1) is 21.5. The van der Waals surface area contributed by atoms with Crippen molar-refractivity contribution in [3.63, 3.8) is 0 Å². The summed E-state index contributed by atoms with van der Waals surface area (Å²) in [6.45, 7) is 5.86. The van der Waals surface area contributed by atoms with Crippen molar-refractivity contribution in [2.24, 2.45) is 5.10 Å². The number of amides is 1. The topological polar surface area (TPSA) is 46.4 Å². The molecule has 0 aliphatic carbocycles. The van der Waals surface area contributed by atoms with Gasteiger partial charge in [-0.05, 0) is 57.2 Å². The highest BCUT2D eigenvalue weighted by Gasteiger charge is 2.14. The number of halogens is 2. The fourth-order valence-electron chi connectivity index (χ4n) is 2.95. The molecule has 1 atom stereocenters. The Morgan fingerprint density at radius 2 is 1.83 bits per heavy atom. The lowest BCUT2D eigenvalue weighted by atomic mass is 10.2. The molecule has 0 saturated carbocycles. The van der Waals surface area contributed by atoms with Crippen LogP contribution in [0.25, 0.3) is 5.69 Å². The zero-order chi connectivity index (χ0) is 21.0. The molecule has 1 amide bonds. The van der Waals surface area contributed by atoms with E-state index in [1.165, 1.54) is 11.8 Å². The van der Waals surface area contributed by atoms with E-state index in [2.05, 4.69) is 15.1 Å². The summed E-state index contributed by atoms with van der Waals surface area (Å²) >= 11 is 13.7. The lowest BCUT2D eigenvalue weighted by Crippen LogP contribution is -2.26. The number of nitrogens with one attached hydrogen (secondary N) is 1. The van der Waals surface area contributed by atoms with E-state index in [1.54, 1.807) is 12.3 Å². The molecule has 3 rings (SSSR count). The summed E-state index contributed by atoms with van der Waals surface area (Å²) in [5.41, 5.74) is 6.48. The Bertz CT molecular complexity index is 1050. The predicted octanol–water partition coefficient (Wildman–Crippen LogP) is 6.03. The van der Waals surface area contributed by atoms with Crippen molar-refractivity contribution >= 4 is 47.1 Å². The van der Waals surface area contributed by atoms with Gasteiger partial charge in [-0.15, -0.1) is 11.8 Å². The molecular formula is C22H21Cl2N3OS. The molecule has 0 radical (unpaired) electrons. The molecule has 0 aliphatic heterocycles. The van der Waals surface area contributed by atoms with E-state index >= 15 is 0 Å². The van der Waals surface area contributed by atoms with Crippen LogP contribution in [0.2, 0.25) is 10.0 Å². The molecule has 1 aromatic heterocycles. The molecule has 1 heterocycles. The third kappa shape index (κ3) is 5.24. The van der Waals surface area contributed by atoms with Crippen LogP contribution in [0.4, 0.5) is 0 Å². The largest absolute Gasteiger partial charge is 0.318 e. The fourth-order valence-corrected chi connectivity index (χ4v) is 4.13. The summed E-state index contributed by atoms with van der Waals surface area (Å²) in [5.74, 6) is -0.145. The van der Waals surface area contributed by atoms with Crippen LogP contribution >= 0.6 is 35.0 Å². The number of benzene rings is 2. The maximum absolute atomic E-state index is 12.3. The summed E-state index contributed by atoms with van der Waals surface area (Å²) in [7, 11) is 0. The van der Waals surface area contributed by atoms with Gasteiger partial charge in [0.15, 0.2) is 0 Å². The van der Waals surface area contributed by atoms with Crippen LogP contribution in [0.15, 0.2) is 64.6 Å². The minimum atomic E-state index is -0.252. The number of hydrogen-bond acceptors (Lipinski definition) is 3. The number of hydrazone groups is 1.